The highest BCUT2D eigenvalue weighted by atomic mass is 35.5. The molecule has 6 heteroatoms. The van der Waals surface area contributed by atoms with Crippen LogP contribution in [0.15, 0.2) is 41.3 Å². The van der Waals surface area contributed by atoms with Crippen LogP contribution in [0.1, 0.15) is 38.5 Å². The van der Waals surface area contributed by atoms with E-state index in [1.807, 2.05) is 30.3 Å². The van der Waals surface area contributed by atoms with Crippen molar-refractivity contribution in [2.75, 3.05) is 18.5 Å². The Morgan fingerprint density at radius 2 is 1.88 bits per heavy atom. The van der Waals surface area contributed by atoms with Crippen molar-refractivity contribution in [2.45, 2.75) is 44.6 Å². The molecule has 0 amide bonds. The molecular weight excluding hydrogens is 338 g/mol. The molecule has 0 unspecified atom stereocenters. The van der Waals surface area contributed by atoms with Crippen LogP contribution in [0.25, 0.3) is 5.69 Å². The Morgan fingerprint density at radius 3 is 2.60 bits per heavy atom. The SMILES string of the molecule is O=c1c(Cl)c(NCCOC2CCCCCC2)cnn1-c1ccccc1. The highest BCUT2D eigenvalue weighted by molar-refractivity contribution is 6.32. The maximum absolute atomic E-state index is 12.4. The van der Waals surface area contributed by atoms with Gasteiger partial charge in [0.25, 0.3) is 5.56 Å². The van der Waals surface area contributed by atoms with E-state index in [4.69, 9.17) is 16.3 Å². The molecule has 0 bridgehead atoms. The molecule has 1 aliphatic rings. The summed E-state index contributed by atoms with van der Waals surface area (Å²) in [6.45, 7) is 1.20. The van der Waals surface area contributed by atoms with Gasteiger partial charge >= 0.3 is 0 Å². The summed E-state index contributed by atoms with van der Waals surface area (Å²) >= 11 is 6.22. The summed E-state index contributed by atoms with van der Waals surface area (Å²) in [4.78, 5) is 12.4. The van der Waals surface area contributed by atoms with Gasteiger partial charge in [-0.3, -0.25) is 4.79 Å². The van der Waals surface area contributed by atoms with Gasteiger partial charge in [-0.15, -0.1) is 0 Å². The summed E-state index contributed by atoms with van der Waals surface area (Å²) in [6.07, 6.45) is 9.39. The number of nitrogens with zero attached hydrogens (tertiary/aromatic N) is 2. The van der Waals surface area contributed by atoms with Crippen molar-refractivity contribution in [3.63, 3.8) is 0 Å². The van der Waals surface area contributed by atoms with Crippen LogP contribution in [0.5, 0.6) is 0 Å². The highest BCUT2D eigenvalue weighted by Gasteiger charge is 2.13. The van der Waals surface area contributed by atoms with Gasteiger partial charge in [-0.05, 0) is 25.0 Å². The predicted molar refractivity (Wildman–Crippen MR) is 101 cm³/mol. The summed E-state index contributed by atoms with van der Waals surface area (Å²) < 4.78 is 7.24. The summed E-state index contributed by atoms with van der Waals surface area (Å²) in [7, 11) is 0. The number of hydrogen-bond acceptors (Lipinski definition) is 4. The minimum Gasteiger partial charge on any atom is -0.380 e. The lowest BCUT2D eigenvalue weighted by atomic mass is 10.1. The number of ether oxygens (including phenoxy) is 1. The number of rotatable bonds is 6. The van der Waals surface area contributed by atoms with Crippen LogP contribution in [0.2, 0.25) is 5.02 Å². The van der Waals surface area contributed by atoms with E-state index >= 15 is 0 Å². The Labute approximate surface area is 153 Å². The number of aromatic nitrogens is 2. The van der Waals surface area contributed by atoms with Gasteiger partial charge in [0, 0.05) is 6.54 Å². The summed E-state index contributed by atoms with van der Waals surface area (Å²) in [5, 5.41) is 7.51. The molecular formula is C19H24ClN3O2. The summed E-state index contributed by atoms with van der Waals surface area (Å²) in [5.74, 6) is 0. The van der Waals surface area contributed by atoms with E-state index in [1.165, 1.54) is 30.4 Å². The van der Waals surface area contributed by atoms with Crippen LogP contribution < -0.4 is 10.9 Å². The molecule has 2 aromatic rings. The fourth-order valence-corrected chi connectivity index (χ4v) is 3.32. The smallest absolute Gasteiger partial charge is 0.292 e. The van der Waals surface area contributed by atoms with Crippen LogP contribution in [0, 0.1) is 0 Å². The number of anilines is 1. The monoisotopic (exact) mass is 361 g/mol. The van der Waals surface area contributed by atoms with Gasteiger partial charge in [-0.2, -0.15) is 9.78 Å². The maximum atomic E-state index is 12.4. The van der Waals surface area contributed by atoms with Gasteiger partial charge in [0.05, 0.1) is 30.3 Å². The second-order valence-electron chi connectivity index (χ2n) is 6.34. The lowest BCUT2D eigenvalue weighted by Crippen LogP contribution is -2.24. The Hall–Kier alpha value is -1.85. The van der Waals surface area contributed by atoms with Gasteiger partial charge in [-0.25, -0.2) is 0 Å². The highest BCUT2D eigenvalue weighted by Crippen LogP contribution is 2.20. The summed E-state index contributed by atoms with van der Waals surface area (Å²) in [5.41, 5.74) is 0.906. The molecule has 1 fully saturated rings. The third kappa shape index (κ3) is 4.83. The van der Waals surface area contributed by atoms with E-state index in [0.717, 1.165) is 12.8 Å². The first kappa shape index (κ1) is 18.0. The third-order valence-corrected chi connectivity index (χ3v) is 4.86. The molecule has 134 valence electrons. The predicted octanol–water partition coefficient (Wildman–Crippen LogP) is 4.04. The normalized spacial score (nSPS) is 15.7. The lowest BCUT2D eigenvalue weighted by molar-refractivity contribution is 0.0501. The van der Waals surface area contributed by atoms with Crippen molar-refractivity contribution in [1.82, 2.24) is 9.78 Å². The zero-order valence-corrected chi connectivity index (χ0v) is 15.0. The van der Waals surface area contributed by atoms with E-state index in [2.05, 4.69) is 10.4 Å². The first-order valence-electron chi connectivity index (χ1n) is 8.94. The molecule has 1 aromatic carbocycles. The zero-order chi connectivity index (χ0) is 17.5. The van der Waals surface area contributed by atoms with Gasteiger partial charge in [-0.1, -0.05) is 55.5 Å². The van der Waals surface area contributed by atoms with E-state index in [-0.39, 0.29) is 10.6 Å². The van der Waals surface area contributed by atoms with Crippen LogP contribution in [0.4, 0.5) is 5.69 Å². The van der Waals surface area contributed by atoms with Gasteiger partial charge in [0.15, 0.2) is 0 Å². The Morgan fingerprint density at radius 1 is 1.16 bits per heavy atom. The molecule has 25 heavy (non-hydrogen) atoms. The van der Waals surface area contributed by atoms with Crippen molar-refractivity contribution < 1.29 is 4.74 Å². The van der Waals surface area contributed by atoms with E-state index < -0.39 is 0 Å². The molecule has 5 nitrogen and oxygen atoms in total. The Balaban J connectivity index is 1.56. The van der Waals surface area contributed by atoms with Gasteiger partial charge < -0.3 is 10.1 Å². The molecule has 0 radical (unpaired) electrons. The lowest BCUT2D eigenvalue weighted by Gasteiger charge is -2.16. The molecule has 1 saturated carbocycles. The molecule has 0 aliphatic heterocycles. The minimum absolute atomic E-state index is 0.147. The average Bonchev–Trinajstić information content (AvgIpc) is 2.92. The average molecular weight is 362 g/mol. The molecule has 0 atom stereocenters. The first-order chi connectivity index (χ1) is 12.3. The quantitative estimate of drug-likeness (QED) is 0.623. The second kappa shape index (κ2) is 9.02. The Bertz CT molecular complexity index is 725. The fraction of sp³-hybridized carbons (Fsp3) is 0.474. The van der Waals surface area contributed by atoms with E-state index in [1.54, 1.807) is 6.20 Å². The second-order valence-corrected chi connectivity index (χ2v) is 6.71. The largest absolute Gasteiger partial charge is 0.380 e. The van der Waals surface area contributed by atoms with Crippen LogP contribution in [-0.2, 0) is 4.74 Å². The van der Waals surface area contributed by atoms with Gasteiger partial charge in [0.2, 0.25) is 0 Å². The molecule has 1 aliphatic carbocycles. The maximum Gasteiger partial charge on any atom is 0.292 e. The van der Waals surface area contributed by atoms with Crippen molar-refractivity contribution in [2.24, 2.45) is 0 Å². The van der Waals surface area contributed by atoms with Crippen molar-refractivity contribution in [3.05, 3.63) is 51.9 Å². The third-order valence-electron chi connectivity index (χ3n) is 4.49. The molecule has 0 saturated heterocycles. The Kier molecular flexibility index (Phi) is 6.48. The van der Waals surface area contributed by atoms with Crippen molar-refractivity contribution in [1.29, 1.82) is 0 Å². The van der Waals surface area contributed by atoms with Gasteiger partial charge in [0.1, 0.15) is 5.02 Å². The molecule has 0 spiro atoms. The number of para-hydroxylation sites is 1. The van der Waals surface area contributed by atoms with Crippen molar-refractivity contribution in [3.8, 4) is 5.69 Å². The number of nitrogens with one attached hydrogen (secondary N) is 1. The van der Waals surface area contributed by atoms with E-state index in [0.29, 0.717) is 30.6 Å². The number of hydrogen-bond donors (Lipinski definition) is 1. The fourth-order valence-electron chi connectivity index (χ4n) is 3.13. The zero-order valence-electron chi connectivity index (χ0n) is 14.3. The molecule has 3 rings (SSSR count). The molecule has 1 aromatic heterocycles. The molecule has 1 N–H and O–H groups in total. The standard InChI is InChI=1S/C19H24ClN3O2/c20-18-17(21-12-13-25-16-10-6-1-2-7-11-16)14-22-23(19(18)24)15-8-4-3-5-9-15/h3-5,8-9,14,16,21H,1-2,6-7,10-13H2. The van der Waals surface area contributed by atoms with Crippen LogP contribution >= 0.6 is 11.6 Å². The number of halogens is 1. The summed E-state index contributed by atoms with van der Waals surface area (Å²) in [6, 6.07) is 9.24. The topological polar surface area (TPSA) is 56.1 Å². The van der Waals surface area contributed by atoms with Crippen molar-refractivity contribution >= 4 is 17.3 Å². The first-order valence-corrected chi connectivity index (χ1v) is 9.32. The molecule has 1 heterocycles. The minimum atomic E-state index is -0.331. The van der Waals surface area contributed by atoms with Crippen LogP contribution in [0.3, 0.4) is 0 Å². The van der Waals surface area contributed by atoms with Crippen LogP contribution in [-0.4, -0.2) is 29.0 Å². The number of benzene rings is 1. The van der Waals surface area contributed by atoms with E-state index in [9.17, 15) is 4.79 Å².